The number of para-hydroxylation sites is 1. The normalized spacial score (nSPS) is 11.3. The molecule has 0 saturated carbocycles. The van der Waals surface area contributed by atoms with Crippen LogP contribution in [0.1, 0.15) is 5.56 Å². The highest BCUT2D eigenvalue weighted by molar-refractivity contribution is 7.13. The van der Waals surface area contributed by atoms with Gasteiger partial charge >= 0.3 is 0 Å². The average molecular weight is 416 g/mol. The zero-order chi connectivity index (χ0) is 20.4. The van der Waals surface area contributed by atoms with Gasteiger partial charge < -0.3 is 0 Å². The molecule has 4 rings (SSSR count). The molecule has 2 aromatic carbocycles. The molecule has 0 bridgehead atoms. The number of hydrogen-bond acceptors (Lipinski definition) is 4. The minimum absolute atomic E-state index is 0.137. The van der Waals surface area contributed by atoms with Gasteiger partial charge in [0.05, 0.1) is 16.8 Å². The number of nitrogens with zero attached hydrogens (tertiary/aromatic N) is 3. The van der Waals surface area contributed by atoms with E-state index >= 15 is 0 Å². The Morgan fingerprint density at radius 3 is 2.34 bits per heavy atom. The first kappa shape index (κ1) is 18.9. The smallest absolute Gasteiger partial charge is 0.186 e. The lowest BCUT2D eigenvalue weighted by Gasteiger charge is -2.05. The summed E-state index contributed by atoms with van der Waals surface area (Å²) in [6.07, 6.45) is 2.97. The molecular weight excluding hydrogens is 404 g/mol. The quantitative estimate of drug-likeness (QED) is 0.199. The van der Waals surface area contributed by atoms with Crippen LogP contribution in [0.4, 0.5) is 23.2 Å². The summed E-state index contributed by atoms with van der Waals surface area (Å²) < 4.78 is 55.8. The third-order valence-electron chi connectivity index (χ3n) is 4.01. The third kappa shape index (κ3) is 3.77. The van der Waals surface area contributed by atoms with Crippen molar-refractivity contribution in [2.24, 2.45) is 5.10 Å². The highest BCUT2D eigenvalue weighted by Crippen LogP contribution is 2.27. The second-order valence-electron chi connectivity index (χ2n) is 5.90. The Morgan fingerprint density at radius 2 is 1.69 bits per heavy atom. The van der Waals surface area contributed by atoms with Crippen LogP contribution in [0.25, 0.3) is 16.3 Å². The van der Waals surface area contributed by atoms with E-state index in [9.17, 15) is 17.6 Å². The van der Waals surface area contributed by atoms with Gasteiger partial charge in [-0.05, 0) is 23.6 Å². The number of halogens is 4. The summed E-state index contributed by atoms with van der Waals surface area (Å²) in [6.45, 7) is 0. The molecule has 0 aliphatic carbocycles. The van der Waals surface area contributed by atoms with Gasteiger partial charge in [0.1, 0.15) is 11.4 Å². The second kappa shape index (κ2) is 7.88. The van der Waals surface area contributed by atoms with E-state index in [4.69, 9.17) is 0 Å². The zero-order valence-corrected chi connectivity index (χ0v) is 15.4. The minimum atomic E-state index is -1.56. The van der Waals surface area contributed by atoms with Crippen LogP contribution in [0.5, 0.6) is 0 Å². The van der Waals surface area contributed by atoms with Crippen molar-refractivity contribution < 1.29 is 17.6 Å². The number of rotatable bonds is 5. The SMILES string of the molecule is Fc1cc(F)c(F)c(NN=Cc2cn(-c3ccccc3)nc2-c2cccs2)c1F. The molecule has 2 aromatic heterocycles. The van der Waals surface area contributed by atoms with Crippen LogP contribution in [0.2, 0.25) is 0 Å². The number of anilines is 1. The lowest BCUT2D eigenvalue weighted by atomic mass is 10.2. The minimum Gasteiger partial charge on any atom is -0.272 e. The van der Waals surface area contributed by atoms with Crippen molar-refractivity contribution in [3.05, 3.63) is 88.9 Å². The Morgan fingerprint density at radius 1 is 0.966 bits per heavy atom. The maximum atomic E-state index is 13.8. The molecule has 0 amide bonds. The van der Waals surface area contributed by atoms with E-state index in [0.717, 1.165) is 10.6 Å². The average Bonchev–Trinajstić information content (AvgIpc) is 3.39. The molecule has 146 valence electrons. The molecule has 0 unspecified atom stereocenters. The summed E-state index contributed by atoms with van der Waals surface area (Å²) in [5.74, 6) is -6.14. The van der Waals surface area contributed by atoms with Crippen LogP contribution >= 0.6 is 11.3 Å². The van der Waals surface area contributed by atoms with Gasteiger partial charge in [0.25, 0.3) is 0 Å². The van der Waals surface area contributed by atoms with Gasteiger partial charge in [-0.25, -0.2) is 22.2 Å². The van der Waals surface area contributed by atoms with E-state index in [2.05, 4.69) is 10.2 Å². The van der Waals surface area contributed by atoms with E-state index in [1.807, 2.05) is 53.3 Å². The molecule has 29 heavy (non-hydrogen) atoms. The molecule has 0 spiro atoms. The Kier molecular flexibility index (Phi) is 5.13. The summed E-state index contributed by atoms with van der Waals surface area (Å²) in [5, 5.41) is 10.2. The molecule has 0 saturated heterocycles. The Balaban J connectivity index is 1.69. The predicted molar refractivity (Wildman–Crippen MR) is 104 cm³/mol. The second-order valence-corrected chi connectivity index (χ2v) is 6.85. The standard InChI is InChI=1S/C20H12F4N4S/c21-14-9-15(22)18(24)20(17(14)23)26-25-10-12-11-28(13-5-2-1-3-6-13)27-19(12)16-7-4-8-29-16/h1-11,26H. The van der Waals surface area contributed by atoms with Crippen molar-refractivity contribution in [2.75, 3.05) is 5.43 Å². The van der Waals surface area contributed by atoms with Gasteiger partial charge in [0.2, 0.25) is 0 Å². The predicted octanol–water partition coefficient (Wildman–Crippen LogP) is 5.60. The molecule has 2 heterocycles. The van der Waals surface area contributed by atoms with Crippen molar-refractivity contribution in [1.29, 1.82) is 0 Å². The molecular formula is C20H12F4N4S. The van der Waals surface area contributed by atoms with E-state index in [1.54, 1.807) is 10.9 Å². The van der Waals surface area contributed by atoms with E-state index < -0.39 is 29.0 Å². The highest BCUT2D eigenvalue weighted by atomic mass is 32.1. The van der Waals surface area contributed by atoms with Gasteiger partial charge in [-0.15, -0.1) is 11.3 Å². The summed E-state index contributed by atoms with van der Waals surface area (Å²) in [7, 11) is 0. The van der Waals surface area contributed by atoms with Crippen LogP contribution in [-0.2, 0) is 0 Å². The molecule has 0 aliphatic rings. The van der Waals surface area contributed by atoms with Gasteiger partial charge in [-0.1, -0.05) is 24.3 Å². The molecule has 0 fully saturated rings. The van der Waals surface area contributed by atoms with Crippen molar-refractivity contribution in [3.8, 4) is 16.3 Å². The number of hydrazone groups is 1. The van der Waals surface area contributed by atoms with Crippen molar-refractivity contribution in [2.45, 2.75) is 0 Å². The number of thiophene rings is 1. The van der Waals surface area contributed by atoms with Crippen LogP contribution in [0.3, 0.4) is 0 Å². The maximum Gasteiger partial charge on any atom is 0.186 e. The van der Waals surface area contributed by atoms with Gasteiger partial charge in [-0.3, -0.25) is 5.43 Å². The molecule has 0 atom stereocenters. The third-order valence-corrected chi connectivity index (χ3v) is 4.89. The van der Waals surface area contributed by atoms with E-state index in [-0.39, 0.29) is 6.07 Å². The molecule has 0 aliphatic heterocycles. The largest absolute Gasteiger partial charge is 0.272 e. The lowest BCUT2D eigenvalue weighted by Crippen LogP contribution is -2.02. The van der Waals surface area contributed by atoms with Gasteiger partial charge in [-0.2, -0.15) is 10.2 Å². The topological polar surface area (TPSA) is 42.2 Å². The zero-order valence-electron chi connectivity index (χ0n) is 14.6. The Hall–Kier alpha value is -3.46. The number of nitrogens with one attached hydrogen (secondary N) is 1. The monoisotopic (exact) mass is 416 g/mol. The first-order chi connectivity index (χ1) is 14.0. The molecule has 0 radical (unpaired) electrons. The van der Waals surface area contributed by atoms with Crippen LogP contribution in [0.15, 0.2) is 65.2 Å². The lowest BCUT2D eigenvalue weighted by molar-refractivity contribution is 0.458. The van der Waals surface area contributed by atoms with Gasteiger partial charge in [0.15, 0.2) is 23.3 Å². The molecule has 4 aromatic rings. The van der Waals surface area contributed by atoms with Gasteiger partial charge in [0, 0.05) is 17.8 Å². The fraction of sp³-hybridized carbons (Fsp3) is 0. The summed E-state index contributed by atoms with van der Waals surface area (Å²) >= 11 is 1.46. The number of benzene rings is 2. The Bertz CT molecular complexity index is 1140. The summed E-state index contributed by atoms with van der Waals surface area (Å²) in [4.78, 5) is 0.857. The first-order valence-corrected chi connectivity index (χ1v) is 9.23. The summed E-state index contributed by atoms with van der Waals surface area (Å²) in [6, 6.07) is 13.2. The fourth-order valence-electron chi connectivity index (χ4n) is 2.64. The van der Waals surface area contributed by atoms with Crippen molar-refractivity contribution >= 4 is 23.2 Å². The number of aromatic nitrogens is 2. The van der Waals surface area contributed by atoms with E-state index in [0.29, 0.717) is 11.3 Å². The Labute approximate surface area is 166 Å². The molecule has 9 heteroatoms. The van der Waals surface area contributed by atoms with Crippen LogP contribution in [0, 0.1) is 23.3 Å². The molecule has 4 nitrogen and oxygen atoms in total. The van der Waals surface area contributed by atoms with Crippen molar-refractivity contribution in [3.63, 3.8) is 0 Å². The number of hydrogen-bond donors (Lipinski definition) is 1. The highest BCUT2D eigenvalue weighted by Gasteiger charge is 2.19. The fourth-order valence-corrected chi connectivity index (χ4v) is 3.37. The molecule has 1 N–H and O–H groups in total. The maximum absolute atomic E-state index is 13.8. The first-order valence-electron chi connectivity index (χ1n) is 8.35. The van der Waals surface area contributed by atoms with Crippen LogP contribution in [-0.4, -0.2) is 16.0 Å². The van der Waals surface area contributed by atoms with E-state index in [1.165, 1.54) is 17.6 Å². The van der Waals surface area contributed by atoms with Crippen LogP contribution < -0.4 is 5.43 Å². The van der Waals surface area contributed by atoms with Crippen molar-refractivity contribution in [1.82, 2.24) is 9.78 Å². The summed E-state index contributed by atoms with van der Waals surface area (Å²) in [5.41, 5.74) is 2.98.